The summed E-state index contributed by atoms with van der Waals surface area (Å²) < 4.78 is 11.1. The van der Waals surface area contributed by atoms with E-state index in [9.17, 15) is 30.3 Å². The number of hydrogen-bond acceptors (Lipinski definition) is 8. The van der Waals surface area contributed by atoms with Crippen LogP contribution >= 0.6 is 0 Å². The lowest BCUT2D eigenvalue weighted by atomic mass is 9.99. The van der Waals surface area contributed by atoms with E-state index in [1.54, 1.807) is 0 Å². The first-order valence-corrected chi connectivity index (χ1v) is 18.2. The number of carbonyl (C=O) groups is 1. The molecule has 9 heteroatoms. The number of rotatable bonds is 29. The van der Waals surface area contributed by atoms with Gasteiger partial charge in [-0.15, -0.1) is 0 Å². The minimum absolute atomic E-state index is 0.136. The molecule has 1 fully saturated rings. The molecule has 262 valence electrons. The fraction of sp³-hybridized carbons (Fsp3) is 0.971. The molecule has 1 rings (SSSR count). The third kappa shape index (κ3) is 19.0. The van der Waals surface area contributed by atoms with Crippen LogP contribution in [-0.2, 0) is 14.3 Å². The van der Waals surface area contributed by atoms with Crippen molar-refractivity contribution in [2.45, 2.75) is 204 Å². The Morgan fingerprint density at radius 2 is 1.14 bits per heavy atom. The van der Waals surface area contributed by atoms with Gasteiger partial charge in [-0.3, -0.25) is 4.79 Å². The molecule has 0 aromatic heterocycles. The van der Waals surface area contributed by atoms with Gasteiger partial charge < -0.3 is 40.3 Å². The average Bonchev–Trinajstić information content (AvgIpc) is 3.02. The molecule has 0 bridgehead atoms. The van der Waals surface area contributed by atoms with Crippen molar-refractivity contribution >= 4 is 5.91 Å². The lowest BCUT2D eigenvalue weighted by molar-refractivity contribution is -0.302. The number of unbranched alkanes of at least 4 members (excludes halogenated alkanes) is 19. The highest BCUT2D eigenvalue weighted by atomic mass is 16.7. The third-order valence-electron chi connectivity index (χ3n) is 8.96. The Kier molecular flexibility index (Phi) is 25.6. The summed E-state index contributed by atoms with van der Waals surface area (Å²) in [6, 6.07) is -0.706. The Balaban J connectivity index is 2.25. The van der Waals surface area contributed by atoms with E-state index in [-0.39, 0.29) is 12.5 Å². The van der Waals surface area contributed by atoms with Gasteiger partial charge in [0.05, 0.1) is 25.4 Å². The Hall–Kier alpha value is -0.810. The quantitative estimate of drug-likeness (QED) is 0.0580. The van der Waals surface area contributed by atoms with Crippen molar-refractivity contribution in [1.29, 1.82) is 0 Å². The zero-order valence-corrected chi connectivity index (χ0v) is 28.2. The van der Waals surface area contributed by atoms with Crippen molar-refractivity contribution < 1.29 is 39.8 Å². The second-order valence-electron chi connectivity index (χ2n) is 13.0. The van der Waals surface area contributed by atoms with Gasteiger partial charge in [0.15, 0.2) is 6.29 Å². The smallest absolute Gasteiger partial charge is 0.220 e. The summed E-state index contributed by atoms with van der Waals surface area (Å²) >= 11 is 0. The van der Waals surface area contributed by atoms with E-state index in [0.717, 1.165) is 44.9 Å². The van der Waals surface area contributed by atoms with Crippen LogP contribution in [0.5, 0.6) is 0 Å². The number of nitrogens with one attached hydrogen (secondary N) is 1. The summed E-state index contributed by atoms with van der Waals surface area (Å²) in [6.07, 6.45) is 18.9. The van der Waals surface area contributed by atoms with Crippen LogP contribution in [0.3, 0.4) is 0 Å². The maximum absolute atomic E-state index is 12.7. The van der Waals surface area contributed by atoms with Gasteiger partial charge in [0, 0.05) is 6.42 Å². The molecule has 44 heavy (non-hydrogen) atoms. The molecule has 1 aliphatic rings. The average molecular weight is 632 g/mol. The summed E-state index contributed by atoms with van der Waals surface area (Å²) in [7, 11) is 0. The number of hydrogen-bond donors (Lipinski definition) is 6. The molecular weight excluding hydrogens is 562 g/mol. The van der Waals surface area contributed by atoms with Crippen molar-refractivity contribution in [3.63, 3.8) is 0 Å². The van der Waals surface area contributed by atoms with E-state index >= 15 is 0 Å². The van der Waals surface area contributed by atoms with Gasteiger partial charge in [0.1, 0.15) is 24.4 Å². The van der Waals surface area contributed by atoms with E-state index in [4.69, 9.17) is 9.47 Å². The second kappa shape index (κ2) is 27.3. The maximum atomic E-state index is 12.7. The van der Waals surface area contributed by atoms with Crippen LogP contribution in [0.4, 0.5) is 0 Å². The van der Waals surface area contributed by atoms with Crippen LogP contribution < -0.4 is 5.32 Å². The van der Waals surface area contributed by atoms with Crippen LogP contribution in [0.15, 0.2) is 0 Å². The van der Waals surface area contributed by atoms with Gasteiger partial charge in [0.25, 0.3) is 0 Å². The van der Waals surface area contributed by atoms with Crippen LogP contribution in [0.1, 0.15) is 162 Å². The topological polar surface area (TPSA) is 149 Å². The van der Waals surface area contributed by atoms with Gasteiger partial charge in [-0.2, -0.15) is 0 Å². The summed E-state index contributed by atoms with van der Waals surface area (Å²) in [6.45, 7) is 3.70. The number of aliphatic hydroxyl groups excluding tert-OH is 5. The number of carbonyl (C=O) groups excluding carboxylic acids is 1. The van der Waals surface area contributed by atoms with Crippen LogP contribution in [0.25, 0.3) is 0 Å². The predicted octanol–water partition coefficient (Wildman–Crippen LogP) is 5.66. The lowest BCUT2D eigenvalue weighted by Gasteiger charge is -2.40. The summed E-state index contributed by atoms with van der Waals surface area (Å²) in [5.74, 6) is -0.152. The van der Waals surface area contributed by atoms with Gasteiger partial charge in [-0.25, -0.2) is 0 Å². The van der Waals surface area contributed by atoms with Crippen LogP contribution in [0.2, 0.25) is 0 Å². The van der Waals surface area contributed by atoms with Crippen molar-refractivity contribution in [3.8, 4) is 0 Å². The highest BCUT2D eigenvalue weighted by Crippen LogP contribution is 2.23. The fourth-order valence-electron chi connectivity index (χ4n) is 5.92. The summed E-state index contributed by atoms with van der Waals surface area (Å²) in [5, 5.41) is 53.5. The second-order valence-corrected chi connectivity index (χ2v) is 13.0. The van der Waals surface area contributed by atoms with Crippen LogP contribution in [0, 0.1) is 0 Å². The molecule has 1 heterocycles. The molecule has 1 saturated heterocycles. The minimum atomic E-state index is -1.54. The first kappa shape index (κ1) is 41.2. The zero-order valence-electron chi connectivity index (χ0n) is 28.2. The van der Waals surface area contributed by atoms with Gasteiger partial charge in [0.2, 0.25) is 5.91 Å². The molecule has 0 unspecified atom stereocenters. The van der Waals surface area contributed by atoms with Crippen LogP contribution in [-0.4, -0.2) is 87.5 Å². The van der Waals surface area contributed by atoms with E-state index in [1.807, 2.05) is 0 Å². The van der Waals surface area contributed by atoms with E-state index in [0.29, 0.717) is 12.8 Å². The molecule has 7 atom stereocenters. The lowest BCUT2D eigenvalue weighted by Crippen LogP contribution is -2.60. The minimum Gasteiger partial charge on any atom is -0.394 e. The number of aliphatic hydroxyl groups is 5. The Morgan fingerprint density at radius 3 is 1.61 bits per heavy atom. The molecule has 1 amide bonds. The Morgan fingerprint density at radius 1 is 0.682 bits per heavy atom. The van der Waals surface area contributed by atoms with E-state index in [1.165, 1.54) is 89.9 Å². The normalized spacial score (nSPS) is 23.5. The number of amides is 1. The monoisotopic (exact) mass is 632 g/mol. The molecule has 0 radical (unpaired) electrons. The summed E-state index contributed by atoms with van der Waals surface area (Å²) in [4.78, 5) is 12.7. The van der Waals surface area contributed by atoms with Crippen molar-refractivity contribution in [2.75, 3.05) is 13.2 Å². The largest absolute Gasteiger partial charge is 0.394 e. The predicted molar refractivity (Wildman–Crippen MR) is 175 cm³/mol. The molecule has 0 spiro atoms. The first-order valence-electron chi connectivity index (χ1n) is 18.2. The molecule has 0 aliphatic carbocycles. The van der Waals surface area contributed by atoms with Crippen molar-refractivity contribution in [1.82, 2.24) is 5.32 Å². The molecule has 0 saturated carbocycles. The van der Waals surface area contributed by atoms with E-state index in [2.05, 4.69) is 19.2 Å². The summed E-state index contributed by atoms with van der Waals surface area (Å²) in [5.41, 5.74) is 0. The van der Waals surface area contributed by atoms with Crippen molar-refractivity contribution in [2.24, 2.45) is 0 Å². The Bertz CT molecular complexity index is 667. The molecule has 9 nitrogen and oxygen atoms in total. The molecule has 0 aromatic rings. The molecular formula is C35H69NO8. The maximum Gasteiger partial charge on any atom is 0.220 e. The molecule has 0 aromatic carbocycles. The standard InChI is InChI=1S/C35H69NO8/c1-3-5-7-9-10-11-12-13-14-15-16-17-18-19-20-21-23-25-31(39)36-28(29(38)24-22-8-6-4-2)27-43-35-34(42)33(41)32(40)30(26-37)44-35/h28-30,32-35,37-38,40-42H,3-27H2,1-2H3,(H,36,39)/t28-,29+,30+,32-,33-,34+,35-/m0/s1. The highest BCUT2D eigenvalue weighted by molar-refractivity contribution is 5.76. The first-order chi connectivity index (χ1) is 21.3. The van der Waals surface area contributed by atoms with E-state index < -0.39 is 49.5 Å². The highest BCUT2D eigenvalue weighted by Gasteiger charge is 2.44. The molecule has 6 N–H and O–H groups in total. The zero-order chi connectivity index (χ0) is 32.4. The Labute approximate surface area is 268 Å². The van der Waals surface area contributed by atoms with Crippen molar-refractivity contribution in [3.05, 3.63) is 0 Å². The van der Waals surface area contributed by atoms with Gasteiger partial charge >= 0.3 is 0 Å². The fourth-order valence-corrected chi connectivity index (χ4v) is 5.92. The van der Waals surface area contributed by atoms with Gasteiger partial charge in [-0.1, -0.05) is 142 Å². The third-order valence-corrected chi connectivity index (χ3v) is 8.96. The molecule has 1 aliphatic heterocycles. The van der Waals surface area contributed by atoms with Gasteiger partial charge in [-0.05, 0) is 12.8 Å². The number of ether oxygens (including phenoxy) is 2. The SMILES string of the molecule is CCCCCCCCCCCCCCCCCCCC(=O)N[C@@H](CO[C@H]1O[C@H](CO)[C@H](O)[C@H](O)[C@H]1O)[C@H](O)CCCCCC.